The summed E-state index contributed by atoms with van der Waals surface area (Å²) in [6.45, 7) is 9.72. The zero-order chi connectivity index (χ0) is 20.4. The number of thiophene rings is 1. The fraction of sp³-hybridized carbons (Fsp3) is 0.700. The summed E-state index contributed by atoms with van der Waals surface area (Å²) in [6.07, 6.45) is 0.942. The highest BCUT2D eigenvalue weighted by molar-refractivity contribution is 7.09. The van der Waals surface area contributed by atoms with Gasteiger partial charge in [-0.3, -0.25) is 9.69 Å². The molecule has 0 aromatic carbocycles. The van der Waals surface area contributed by atoms with E-state index in [1.807, 2.05) is 0 Å². The highest BCUT2D eigenvalue weighted by atomic mass is 32.1. The number of nitrogens with one attached hydrogen (secondary N) is 2. The third-order valence-electron chi connectivity index (χ3n) is 4.88. The maximum atomic E-state index is 11.9. The molecule has 1 aliphatic rings. The predicted molar refractivity (Wildman–Crippen MR) is 116 cm³/mol. The number of aliphatic imine (C=N–C) groups is 1. The molecule has 1 atom stereocenters. The molecule has 158 valence electrons. The topological polar surface area (TPSA) is 69.2 Å². The minimum atomic E-state index is -0.00653. The van der Waals surface area contributed by atoms with Crippen molar-refractivity contribution < 1.29 is 9.53 Å². The van der Waals surface area contributed by atoms with Gasteiger partial charge in [-0.2, -0.15) is 0 Å². The molecule has 1 unspecified atom stereocenters. The number of guanidine groups is 1. The fourth-order valence-corrected chi connectivity index (χ4v) is 3.83. The van der Waals surface area contributed by atoms with E-state index in [0.29, 0.717) is 17.9 Å². The van der Waals surface area contributed by atoms with Gasteiger partial charge >= 0.3 is 0 Å². The summed E-state index contributed by atoms with van der Waals surface area (Å²) in [6, 6.07) is 4.61. The van der Waals surface area contributed by atoms with Crippen LogP contribution in [0.15, 0.2) is 22.5 Å². The van der Waals surface area contributed by atoms with E-state index in [0.717, 1.165) is 45.8 Å². The van der Waals surface area contributed by atoms with Gasteiger partial charge < -0.3 is 20.3 Å². The van der Waals surface area contributed by atoms with Gasteiger partial charge in [-0.15, -0.1) is 11.3 Å². The Kier molecular flexibility index (Phi) is 9.73. The quantitative estimate of drug-likeness (QED) is 0.475. The van der Waals surface area contributed by atoms with Crippen LogP contribution in [-0.2, 0) is 16.0 Å². The van der Waals surface area contributed by atoms with Gasteiger partial charge in [0.25, 0.3) is 0 Å². The van der Waals surface area contributed by atoms with Gasteiger partial charge in [0, 0.05) is 51.2 Å². The molecule has 1 saturated heterocycles. The largest absolute Gasteiger partial charge is 0.379 e. The molecule has 0 aliphatic carbocycles. The molecule has 0 bridgehead atoms. The van der Waals surface area contributed by atoms with Crippen LogP contribution in [0.25, 0.3) is 0 Å². The molecule has 0 radical (unpaired) electrons. The number of likely N-dealkylation sites (N-methyl/N-ethyl adjacent to an activating group) is 1. The standard InChI is InChI=1S/C20H35N5O2S/c1-16(2)18(25-9-11-27-12-10-25)14-22-20(23-15-19(26)24(3)4)21-8-7-17-6-5-13-28-17/h5-6,13,16,18H,7-12,14-15H2,1-4H3,(H2,21,22,23). The van der Waals surface area contributed by atoms with Crippen molar-refractivity contribution in [3.63, 3.8) is 0 Å². The average Bonchev–Trinajstić information content (AvgIpc) is 3.19. The summed E-state index contributed by atoms with van der Waals surface area (Å²) >= 11 is 1.76. The maximum absolute atomic E-state index is 11.9. The van der Waals surface area contributed by atoms with Crippen LogP contribution in [0, 0.1) is 5.92 Å². The molecule has 7 nitrogen and oxygen atoms in total. The molecule has 1 aromatic heterocycles. The molecule has 2 N–H and O–H groups in total. The average molecular weight is 410 g/mol. The number of carbonyl (C=O) groups is 1. The Hall–Kier alpha value is -1.64. The Labute approximate surface area is 173 Å². The van der Waals surface area contributed by atoms with Crippen molar-refractivity contribution >= 4 is 23.2 Å². The number of nitrogens with zero attached hydrogens (tertiary/aromatic N) is 3. The Balaban J connectivity index is 1.93. The molecule has 2 heterocycles. The zero-order valence-electron chi connectivity index (χ0n) is 17.6. The summed E-state index contributed by atoms with van der Waals surface area (Å²) in [7, 11) is 3.50. The first-order valence-corrected chi connectivity index (χ1v) is 10.9. The van der Waals surface area contributed by atoms with Gasteiger partial charge in [-0.25, -0.2) is 4.99 Å². The number of hydrogen-bond donors (Lipinski definition) is 2. The molecule has 1 amide bonds. The van der Waals surface area contributed by atoms with Crippen LogP contribution in [0.5, 0.6) is 0 Å². The third kappa shape index (κ3) is 7.77. The van der Waals surface area contributed by atoms with E-state index in [9.17, 15) is 4.79 Å². The monoisotopic (exact) mass is 409 g/mol. The first-order chi connectivity index (χ1) is 13.5. The van der Waals surface area contributed by atoms with Gasteiger partial charge in [-0.1, -0.05) is 19.9 Å². The van der Waals surface area contributed by atoms with Crippen LogP contribution in [0.1, 0.15) is 18.7 Å². The lowest BCUT2D eigenvalue weighted by Gasteiger charge is -2.37. The Morgan fingerprint density at radius 3 is 2.68 bits per heavy atom. The van der Waals surface area contributed by atoms with E-state index in [1.165, 1.54) is 4.88 Å². The number of ether oxygens (including phenoxy) is 1. The minimum absolute atomic E-state index is 0.00653. The number of hydrogen-bond acceptors (Lipinski definition) is 5. The van der Waals surface area contributed by atoms with E-state index in [1.54, 1.807) is 30.3 Å². The SMILES string of the molecule is CC(C)C(CNC(=NCC(=O)N(C)C)NCCc1cccs1)N1CCOCC1. The lowest BCUT2D eigenvalue weighted by Crippen LogP contribution is -2.52. The minimum Gasteiger partial charge on any atom is -0.379 e. The highest BCUT2D eigenvalue weighted by Crippen LogP contribution is 2.12. The summed E-state index contributed by atoms with van der Waals surface area (Å²) < 4.78 is 5.49. The number of rotatable bonds is 9. The Bertz CT molecular complexity index is 598. The second-order valence-electron chi connectivity index (χ2n) is 7.55. The van der Waals surface area contributed by atoms with E-state index in [-0.39, 0.29) is 12.5 Å². The fourth-order valence-electron chi connectivity index (χ4n) is 3.12. The normalized spacial score (nSPS) is 16.8. The first-order valence-electron chi connectivity index (χ1n) is 10.0. The second kappa shape index (κ2) is 12.0. The lowest BCUT2D eigenvalue weighted by molar-refractivity contribution is -0.127. The van der Waals surface area contributed by atoms with E-state index in [2.05, 4.69) is 51.9 Å². The lowest BCUT2D eigenvalue weighted by atomic mass is 10.0. The zero-order valence-corrected chi connectivity index (χ0v) is 18.4. The molecule has 1 aromatic rings. The summed E-state index contributed by atoms with van der Waals surface area (Å²) in [5.41, 5.74) is 0. The van der Waals surface area contributed by atoms with Crippen molar-refractivity contribution in [2.75, 3.05) is 60.0 Å². The molecule has 1 aliphatic heterocycles. The third-order valence-corrected chi connectivity index (χ3v) is 5.81. The van der Waals surface area contributed by atoms with E-state index in [4.69, 9.17) is 4.74 Å². The summed E-state index contributed by atoms with van der Waals surface area (Å²) in [5, 5.41) is 8.93. The maximum Gasteiger partial charge on any atom is 0.243 e. The molecule has 8 heteroatoms. The molecule has 0 spiro atoms. The molecular weight excluding hydrogens is 374 g/mol. The van der Waals surface area contributed by atoms with E-state index >= 15 is 0 Å². The first kappa shape index (κ1) is 22.6. The molecule has 2 rings (SSSR count). The predicted octanol–water partition coefficient (Wildman–Crippen LogP) is 1.27. The van der Waals surface area contributed by atoms with Gasteiger partial charge in [0.15, 0.2) is 5.96 Å². The van der Waals surface area contributed by atoms with Crippen molar-refractivity contribution in [3.8, 4) is 0 Å². The van der Waals surface area contributed by atoms with Crippen molar-refractivity contribution in [1.29, 1.82) is 0 Å². The van der Waals surface area contributed by atoms with Gasteiger partial charge in [0.1, 0.15) is 6.54 Å². The van der Waals surface area contributed by atoms with Crippen molar-refractivity contribution in [1.82, 2.24) is 20.4 Å². The molecule has 0 saturated carbocycles. The van der Waals surface area contributed by atoms with Crippen LogP contribution >= 0.6 is 11.3 Å². The van der Waals surface area contributed by atoms with Crippen molar-refractivity contribution in [2.24, 2.45) is 10.9 Å². The van der Waals surface area contributed by atoms with Crippen LogP contribution in [0.2, 0.25) is 0 Å². The summed E-state index contributed by atoms with van der Waals surface area (Å²) in [5.74, 6) is 1.21. The highest BCUT2D eigenvalue weighted by Gasteiger charge is 2.24. The van der Waals surface area contributed by atoms with E-state index < -0.39 is 0 Å². The van der Waals surface area contributed by atoms with Crippen LogP contribution in [0.3, 0.4) is 0 Å². The van der Waals surface area contributed by atoms with Crippen LogP contribution in [-0.4, -0.2) is 87.7 Å². The molecule has 1 fully saturated rings. The van der Waals surface area contributed by atoms with Crippen molar-refractivity contribution in [2.45, 2.75) is 26.3 Å². The van der Waals surface area contributed by atoms with Gasteiger partial charge in [-0.05, 0) is 23.8 Å². The molecular formula is C20H35N5O2S. The van der Waals surface area contributed by atoms with Gasteiger partial charge in [0.2, 0.25) is 5.91 Å². The second-order valence-corrected chi connectivity index (χ2v) is 8.58. The number of morpholine rings is 1. The Morgan fingerprint density at radius 1 is 1.32 bits per heavy atom. The Morgan fingerprint density at radius 2 is 2.07 bits per heavy atom. The number of amides is 1. The van der Waals surface area contributed by atoms with Crippen LogP contribution < -0.4 is 10.6 Å². The smallest absolute Gasteiger partial charge is 0.243 e. The summed E-state index contributed by atoms with van der Waals surface area (Å²) in [4.78, 5) is 21.8. The van der Waals surface area contributed by atoms with Gasteiger partial charge in [0.05, 0.1) is 13.2 Å². The number of carbonyl (C=O) groups excluding carboxylic acids is 1. The van der Waals surface area contributed by atoms with Crippen molar-refractivity contribution in [3.05, 3.63) is 22.4 Å². The molecule has 28 heavy (non-hydrogen) atoms. The van der Waals surface area contributed by atoms with Crippen LogP contribution in [0.4, 0.5) is 0 Å².